The van der Waals surface area contributed by atoms with Crippen molar-refractivity contribution in [2.75, 3.05) is 24.5 Å². The summed E-state index contributed by atoms with van der Waals surface area (Å²) in [5.74, 6) is 0. The van der Waals surface area contributed by atoms with Crippen LogP contribution in [0.25, 0.3) is 0 Å². The number of hydrogen-bond acceptors (Lipinski definition) is 5. The number of benzene rings is 1. The molecule has 0 bridgehead atoms. The number of anilines is 1. The van der Waals surface area contributed by atoms with Crippen LogP contribution in [0.5, 0.6) is 0 Å². The van der Waals surface area contributed by atoms with Gasteiger partial charge in [-0.2, -0.15) is 0 Å². The van der Waals surface area contributed by atoms with Crippen LogP contribution in [0, 0.1) is 0 Å². The van der Waals surface area contributed by atoms with Gasteiger partial charge in [0.2, 0.25) is 0 Å². The maximum atomic E-state index is 5.92. The third-order valence-corrected chi connectivity index (χ3v) is 7.92. The van der Waals surface area contributed by atoms with Gasteiger partial charge in [-0.25, -0.2) is 0 Å². The van der Waals surface area contributed by atoms with Crippen LogP contribution in [-0.2, 0) is 13.3 Å². The molecule has 1 aromatic rings. The summed E-state index contributed by atoms with van der Waals surface area (Å²) in [6.45, 7) is 7.96. The Morgan fingerprint density at radius 3 is 2.32 bits per heavy atom. The highest BCUT2D eigenvalue weighted by Gasteiger charge is 2.40. The van der Waals surface area contributed by atoms with E-state index in [4.69, 9.17) is 13.3 Å². The number of hydrogen-bond donors (Lipinski definition) is 1. The normalized spacial score (nSPS) is 17.3. The largest absolute Gasteiger partial charge is 0.500 e. The van der Waals surface area contributed by atoms with Gasteiger partial charge in [-0.1, -0.05) is 18.2 Å². The van der Waals surface area contributed by atoms with Crippen molar-refractivity contribution in [1.82, 2.24) is 0 Å². The van der Waals surface area contributed by atoms with Gasteiger partial charge in [-0.15, -0.1) is 0 Å². The smallest absolute Gasteiger partial charge is 0.374 e. The Bertz CT molecular complexity index is 444. The number of rotatable bonds is 10. The van der Waals surface area contributed by atoms with Crippen LogP contribution >= 0.6 is 11.9 Å². The molecule has 124 valence electrons. The van der Waals surface area contributed by atoms with Crippen LogP contribution in [0.1, 0.15) is 44.4 Å². The van der Waals surface area contributed by atoms with E-state index in [0.717, 1.165) is 18.9 Å². The van der Waals surface area contributed by atoms with Crippen molar-refractivity contribution in [2.24, 2.45) is 0 Å². The molecule has 0 aliphatic carbocycles. The molecule has 1 N–H and O–H groups in total. The van der Waals surface area contributed by atoms with Crippen LogP contribution < -0.4 is 4.72 Å². The van der Waals surface area contributed by atoms with E-state index in [1.54, 1.807) is 11.9 Å². The molecular weight excluding hydrogens is 314 g/mol. The summed E-state index contributed by atoms with van der Waals surface area (Å²) < 4.78 is 21.2. The molecule has 4 nitrogen and oxygen atoms in total. The van der Waals surface area contributed by atoms with Crippen LogP contribution in [0.15, 0.2) is 24.3 Å². The second-order valence-electron chi connectivity index (χ2n) is 5.17. The van der Waals surface area contributed by atoms with Gasteiger partial charge in [0.15, 0.2) is 0 Å². The van der Waals surface area contributed by atoms with Gasteiger partial charge in [0, 0.05) is 31.6 Å². The van der Waals surface area contributed by atoms with E-state index < -0.39 is 8.80 Å². The van der Waals surface area contributed by atoms with Crippen molar-refractivity contribution in [1.29, 1.82) is 0 Å². The van der Waals surface area contributed by atoms with Gasteiger partial charge in [-0.05, 0) is 57.2 Å². The lowest BCUT2D eigenvalue weighted by atomic mass is 10.1. The number of fused-ring (bicyclic) bond motifs is 1. The van der Waals surface area contributed by atoms with E-state index >= 15 is 0 Å². The molecule has 1 aromatic carbocycles. The third kappa shape index (κ3) is 4.49. The molecule has 0 amide bonds. The van der Waals surface area contributed by atoms with Crippen LogP contribution in [0.2, 0.25) is 6.04 Å². The fourth-order valence-corrected chi connectivity index (χ4v) is 6.50. The Balaban J connectivity index is 1.90. The molecule has 1 atom stereocenters. The van der Waals surface area contributed by atoms with E-state index in [9.17, 15) is 0 Å². The molecule has 1 aliphatic heterocycles. The topological polar surface area (TPSA) is 39.7 Å². The molecule has 1 unspecified atom stereocenters. The highest BCUT2D eigenvalue weighted by molar-refractivity contribution is 8.01. The van der Waals surface area contributed by atoms with Crippen molar-refractivity contribution in [3.05, 3.63) is 29.8 Å². The Kier molecular flexibility index (Phi) is 7.23. The molecule has 22 heavy (non-hydrogen) atoms. The van der Waals surface area contributed by atoms with Crippen LogP contribution in [0.4, 0.5) is 5.69 Å². The fraction of sp³-hybridized carbons (Fsp3) is 0.625. The van der Waals surface area contributed by atoms with E-state index in [-0.39, 0.29) is 0 Å². The van der Waals surface area contributed by atoms with Crippen molar-refractivity contribution in [3.8, 4) is 0 Å². The molecule has 0 saturated heterocycles. The lowest BCUT2D eigenvalue weighted by Gasteiger charge is -2.28. The van der Waals surface area contributed by atoms with Gasteiger partial charge < -0.3 is 18.0 Å². The van der Waals surface area contributed by atoms with Crippen molar-refractivity contribution in [3.63, 3.8) is 0 Å². The van der Waals surface area contributed by atoms with Crippen LogP contribution in [-0.4, -0.2) is 28.6 Å². The lowest BCUT2D eigenvalue weighted by Crippen LogP contribution is -2.45. The molecule has 0 radical (unpaired) electrons. The molecule has 2 rings (SSSR count). The number of nitrogens with one attached hydrogen (secondary N) is 1. The Morgan fingerprint density at radius 1 is 1.05 bits per heavy atom. The maximum Gasteiger partial charge on any atom is 0.500 e. The predicted molar refractivity (Wildman–Crippen MR) is 95.1 cm³/mol. The third-order valence-electron chi connectivity index (χ3n) is 3.66. The fourth-order valence-electron chi connectivity index (χ4n) is 2.79. The minimum Gasteiger partial charge on any atom is -0.374 e. The predicted octanol–water partition coefficient (Wildman–Crippen LogP) is 4.63. The summed E-state index contributed by atoms with van der Waals surface area (Å²) in [4.78, 5) is 0. The van der Waals surface area contributed by atoms with Gasteiger partial charge in [0.05, 0.1) is 5.25 Å². The quantitative estimate of drug-likeness (QED) is 0.496. The van der Waals surface area contributed by atoms with Gasteiger partial charge in [0.25, 0.3) is 0 Å². The second-order valence-corrected chi connectivity index (χ2v) is 8.91. The SMILES string of the molecule is CCO[Si](CCCC1SNc2ccccc21)(OCC)OCC. The van der Waals surface area contributed by atoms with Crippen LogP contribution in [0.3, 0.4) is 0 Å². The molecule has 0 saturated carbocycles. The molecular formula is C16H27NO3SSi. The summed E-state index contributed by atoms with van der Waals surface area (Å²) in [5, 5.41) is 0.507. The average molecular weight is 342 g/mol. The van der Waals surface area contributed by atoms with E-state index in [1.165, 1.54) is 11.3 Å². The summed E-state index contributed by atoms with van der Waals surface area (Å²) in [6.07, 6.45) is 2.16. The number of para-hydroxylation sites is 1. The zero-order chi connectivity index (χ0) is 15.8. The van der Waals surface area contributed by atoms with Gasteiger partial charge in [-0.3, -0.25) is 0 Å². The first-order valence-electron chi connectivity index (χ1n) is 8.17. The van der Waals surface area contributed by atoms with E-state index in [2.05, 4.69) is 29.0 Å². The minimum absolute atomic E-state index is 0.507. The van der Waals surface area contributed by atoms with E-state index in [1.807, 2.05) is 20.8 Å². The van der Waals surface area contributed by atoms with Crippen molar-refractivity contribution in [2.45, 2.75) is 44.9 Å². The summed E-state index contributed by atoms with van der Waals surface area (Å²) in [6, 6.07) is 9.43. The maximum absolute atomic E-state index is 5.92. The Hall–Kier alpha value is -0.533. The molecule has 0 aromatic heterocycles. The molecule has 0 fully saturated rings. The van der Waals surface area contributed by atoms with Gasteiger partial charge in [0.1, 0.15) is 0 Å². The standard InChI is InChI=1S/C16H27NO3SSi/c1-4-18-22(19-5-2,20-6-3)13-9-12-16-14-10-7-8-11-15(14)17-21-16/h7-8,10-11,16-17H,4-6,9,12-13H2,1-3H3. The first-order valence-corrected chi connectivity index (χ1v) is 11.0. The molecule has 6 heteroatoms. The monoisotopic (exact) mass is 341 g/mol. The average Bonchev–Trinajstić information content (AvgIpc) is 2.92. The van der Waals surface area contributed by atoms with E-state index in [0.29, 0.717) is 25.1 Å². The van der Waals surface area contributed by atoms with Gasteiger partial charge >= 0.3 is 8.80 Å². The lowest BCUT2D eigenvalue weighted by molar-refractivity contribution is 0.0707. The highest BCUT2D eigenvalue weighted by atomic mass is 32.2. The summed E-state index contributed by atoms with van der Waals surface area (Å²) in [5.41, 5.74) is 2.66. The highest BCUT2D eigenvalue weighted by Crippen LogP contribution is 2.44. The molecule has 1 aliphatic rings. The summed E-state index contributed by atoms with van der Waals surface area (Å²) in [7, 11) is -2.49. The first-order chi connectivity index (χ1) is 10.7. The zero-order valence-corrected chi connectivity index (χ0v) is 15.6. The molecule has 1 heterocycles. The Morgan fingerprint density at radius 2 is 1.68 bits per heavy atom. The summed E-state index contributed by atoms with van der Waals surface area (Å²) >= 11 is 1.80. The molecule has 0 spiro atoms. The minimum atomic E-state index is -2.49. The van der Waals surface area contributed by atoms with Crippen molar-refractivity contribution >= 4 is 26.4 Å². The Labute approximate surface area is 139 Å². The zero-order valence-electron chi connectivity index (χ0n) is 13.8. The second kappa shape index (κ2) is 8.93. The van der Waals surface area contributed by atoms with Crippen molar-refractivity contribution < 1.29 is 13.3 Å². The first kappa shape index (κ1) is 17.8.